The Bertz CT molecular complexity index is 612. The number of carbonyl (C=O) groups is 1. The lowest BCUT2D eigenvalue weighted by molar-refractivity contribution is -0.681. The quantitative estimate of drug-likeness (QED) is 0.478. The number of rotatable bonds is 3. The van der Waals surface area contributed by atoms with Crippen molar-refractivity contribution in [3.8, 4) is 0 Å². The standard InChI is InChI=1S/C17H19ClNO/c1-17(2,3)14-9-7-13(8-10-14)15(20)12-19-11-5-4-6-16(19)18/h4-11H,12H2,1-3H3/q+1. The minimum atomic E-state index is 0.0589. The normalized spacial score (nSPS) is 11.4. The van der Waals surface area contributed by atoms with Gasteiger partial charge < -0.3 is 0 Å². The van der Waals surface area contributed by atoms with Gasteiger partial charge in [-0.3, -0.25) is 4.79 Å². The second-order valence-corrected chi connectivity index (χ2v) is 6.29. The molecule has 1 aromatic heterocycles. The summed E-state index contributed by atoms with van der Waals surface area (Å²) in [6.07, 6.45) is 1.81. The molecule has 0 saturated heterocycles. The minimum Gasteiger partial charge on any atom is -0.287 e. The van der Waals surface area contributed by atoms with Crippen molar-refractivity contribution in [3.05, 3.63) is 64.9 Å². The number of hydrogen-bond acceptors (Lipinski definition) is 1. The van der Waals surface area contributed by atoms with Crippen LogP contribution in [0.5, 0.6) is 0 Å². The number of Topliss-reactive ketones (excluding diaryl/α,β-unsaturated/α-hetero) is 1. The van der Waals surface area contributed by atoms with Gasteiger partial charge in [0, 0.05) is 17.7 Å². The molecule has 0 unspecified atom stereocenters. The lowest BCUT2D eigenvalue weighted by Crippen LogP contribution is -2.38. The van der Waals surface area contributed by atoms with Crippen LogP contribution in [0.2, 0.25) is 5.15 Å². The van der Waals surface area contributed by atoms with Gasteiger partial charge in [0.2, 0.25) is 12.3 Å². The van der Waals surface area contributed by atoms with Crippen LogP contribution in [0.3, 0.4) is 0 Å². The fourth-order valence-corrected chi connectivity index (χ4v) is 2.17. The van der Waals surface area contributed by atoms with Gasteiger partial charge in [0.15, 0.2) is 6.20 Å². The molecule has 2 rings (SSSR count). The molecule has 104 valence electrons. The van der Waals surface area contributed by atoms with Gasteiger partial charge in [0.25, 0.3) is 5.15 Å². The van der Waals surface area contributed by atoms with E-state index in [9.17, 15) is 4.79 Å². The van der Waals surface area contributed by atoms with Gasteiger partial charge >= 0.3 is 0 Å². The third-order valence-corrected chi connectivity index (χ3v) is 3.62. The van der Waals surface area contributed by atoms with E-state index in [4.69, 9.17) is 11.6 Å². The highest BCUT2D eigenvalue weighted by Crippen LogP contribution is 2.22. The van der Waals surface area contributed by atoms with Crippen molar-refractivity contribution in [1.29, 1.82) is 0 Å². The molecule has 0 spiro atoms. The molecule has 0 radical (unpaired) electrons. The molecule has 2 aromatic rings. The van der Waals surface area contributed by atoms with E-state index in [0.717, 1.165) is 0 Å². The Balaban J connectivity index is 2.16. The first-order chi connectivity index (χ1) is 9.38. The monoisotopic (exact) mass is 288 g/mol. The summed E-state index contributed by atoms with van der Waals surface area (Å²) < 4.78 is 1.74. The number of pyridine rings is 1. The lowest BCUT2D eigenvalue weighted by Gasteiger charge is -2.18. The second kappa shape index (κ2) is 5.76. The molecule has 1 aromatic carbocycles. The number of benzene rings is 1. The molecule has 0 atom stereocenters. The van der Waals surface area contributed by atoms with Crippen LogP contribution >= 0.6 is 11.6 Å². The average Bonchev–Trinajstić information content (AvgIpc) is 2.40. The molecule has 3 heteroatoms. The van der Waals surface area contributed by atoms with Crippen LogP contribution in [-0.4, -0.2) is 5.78 Å². The highest BCUT2D eigenvalue weighted by atomic mass is 35.5. The molecule has 2 nitrogen and oxygen atoms in total. The molecular formula is C17H19ClNO+. The Morgan fingerprint density at radius 2 is 1.75 bits per heavy atom. The molecule has 1 heterocycles. The number of aromatic nitrogens is 1. The Morgan fingerprint density at radius 1 is 1.10 bits per heavy atom. The third kappa shape index (κ3) is 3.45. The summed E-state index contributed by atoms with van der Waals surface area (Å²) in [5.74, 6) is 0.0589. The lowest BCUT2D eigenvalue weighted by atomic mass is 9.86. The van der Waals surface area contributed by atoms with Crippen molar-refractivity contribution in [2.75, 3.05) is 0 Å². The fourth-order valence-electron chi connectivity index (χ4n) is 1.99. The van der Waals surface area contributed by atoms with Gasteiger partial charge in [-0.15, -0.1) is 0 Å². The van der Waals surface area contributed by atoms with Crippen molar-refractivity contribution < 1.29 is 9.36 Å². The van der Waals surface area contributed by atoms with Crippen molar-refractivity contribution in [3.63, 3.8) is 0 Å². The van der Waals surface area contributed by atoms with Crippen molar-refractivity contribution in [1.82, 2.24) is 0 Å². The Morgan fingerprint density at radius 3 is 2.30 bits per heavy atom. The van der Waals surface area contributed by atoms with Gasteiger partial charge in [-0.2, -0.15) is 4.57 Å². The smallest absolute Gasteiger partial charge is 0.275 e. The maximum atomic E-state index is 12.2. The maximum absolute atomic E-state index is 12.2. The van der Waals surface area contributed by atoms with Crippen LogP contribution in [0.4, 0.5) is 0 Å². The second-order valence-electron chi connectivity index (χ2n) is 5.90. The molecule has 0 saturated carbocycles. The molecule has 0 fully saturated rings. The number of hydrogen-bond donors (Lipinski definition) is 0. The average molecular weight is 289 g/mol. The van der Waals surface area contributed by atoms with Gasteiger partial charge in [0.1, 0.15) is 0 Å². The highest BCUT2D eigenvalue weighted by molar-refractivity contribution is 6.28. The van der Waals surface area contributed by atoms with Crippen LogP contribution < -0.4 is 4.57 Å². The molecule has 0 amide bonds. The van der Waals surface area contributed by atoms with Crippen molar-refractivity contribution >= 4 is 17.4 Å². The van der Waals surface area contributed by atoms with Gasteiger partial charge in [-0.1, -0.05) is 45.0 Å². The predicted octanol–water partition coefficient (Wildman–Crippen LogP) is 3.81. The molecule has 0 aliphatic carbocycles. The summed E-state index contributed by atoms with van der Waals surface area (Å²) in [5, 5.41) is 0.562. The Kier molecular flexibility index (Phi) is 4.24. The summed E-state index contributed by atoms with van der Waals surface area (Å²) in [4.78, 5) is 12.2. The number of carbonyl (C=O) groups excluding carboxylic acids is 1. The van der Waals surface area contributed by atoms with Gasteiger partial charge in [0.05, 0.1) is 0 Å². The largest absolute Gasteiger partial charge is 0.287 e. The van der Waals surface area contributed by atoms with Crippen LogP contribution in [0.1, 0.15) is 36.7 Å². The zero-order chi connectivity index (χ0) is 14.8. The van der Waals surface area contributed by atoms with E-state index in [1.165, 1.54) is 5.56 Å². The fraction of sp³-hybridized carbons (Fsp3) is 0.294. The SMILES string of the molecule is CC(C)(C)c1ccc(C(=O)C[n+]2ccccc2Cl)cc1. The van der Waals surface area contributed by atoms with E-state index in [-0.39, 0.29) is 17.7 Å². The summed E-state index contributed by atoms with van der Waals surface area (Å²) in [6, 6.07) is 13.3. The number of ketones is 1. The summed E-state index contributed by atoms with van der Waals surface area (Å²) in [5.41, 5.74) is 2.03. The van der Waals surface area contributed by atoms with Crippen molar-refractivity contribution in [2.24, 2.45) is 0 Å². The number of nitrogens with zero attached hydrogens (tertiary/aromatic N) is 1. The van der Waals surface area contributed by atoms with Gasteiger partial charge in [-0.25, -0.2) is 0 Å². The summed E-state index contributed by atoms with van der Waals surface area (Å²) in [6.45, 7) is 6.73. The third-order valence-electron chi connectivity index (χ3n) is 3.27. The van der Waals surface area contributed by atoms with Gasteiger partial charge in [-0.05, 0) is 28.6 Å². The molecule has 0 bridgehead atoms. The summed E-state index contributed by atoms with van der Waals surface area (Å²) >= 11 is 6.05. The first-order valence-corrected chi connectivity index (χ1v) is 7.03. The van der Waals surface area contributed by atoms with Crippen LogP contribution in [0, 0.1) is 0 Å². The predicted molar refractivity (Wildman–Crippen MR) is 81.1 cm³/mol. The zero-order valence-corrected chi connectivity index (χ0v) is 12.8. The molecule has 0 N–H and O–H groups in total. The molecule has 0 aliphatic heterocycles. The van der Waals surface area contributed by atoms with Crippen LogP contribution in [-0.2, 0) is 12.0 Å². The molecule has 0 aliphatic rings. The van der Waals surface area contributed by atoms with E-state index in [1.807, 2.05) is 42.6 Å². The van der Waals surface area contributed by atoms with E-state index in [0.29, 0.717) is 10.7 Å². The highest BCUT2D eigenvalue weighted by Gasteiger charge is 2.17. The Labute approximate surface area is 125 Å². The topological polar surface area (TPSA) is 20.9 Å². The van der Waals surface area contributed by atoms with E-state index < -0.39 is 0 Å². The molecular weight excluding hydrogens is 270 g/mol. The van der Waals surface area contributed by atoms with E-state index in [1.54, 1.807) is 10.6 Å². The minimum absolute atomic E-state index is 0.0589. The Hall–Kier alpha value is -1.67. The van der Waals surface area contributed by atoms with E-state index in [2.05, 4.69) is 20.8 Å². The van der Waals surface area contributed by atoms with Crippen LogP contribution in [0.15, 0.2) is 48.7 Å². The zero-order valence-electron chi connectivity index (χ0n) is 12.1. The van der Waals surface area contributed by atoms with Crippen molar-refractivity contribution in [2.45, 2.75) is 32.7 Å². The summed E-state index contributed by atoms with van der Waals surface area (Å²) in [7, 11) is 0. The number of halogens is 1. The maximum Gasteiger partial charge on any atom is 0.275 e. The first kappa shape index (κ1) is 14.7. The first-order valence-electron chi connectivity index (χ1n) is 6.65. The van der Waals surface area contributed by atoms with Crippen LogP contribution in [0.25, 0.3) is 0 Å². The molecule has 20 heavy (non-hydrogen) atoms. The van der Waals surface area contributed by atoms with E-state index >= 15 is 0 Å².